The third-order valence-electron chi connectivity index (χ3n) is 7.57. The van der Waals surface area contributed by atoms with Gasteiger partial charge in [0.05, 0.1) is 24.4 Å². The minimum Gasteiger partial charge on any atom is -0.462 e. The minimum atomic E-state index is -2.81. The van der Waals surface area contributed by atoms with Gasteiger partial charge in [0.2, 0.25) is 0 Å². The molecular weight excluding hydrogens is 557 g/mol. The maximum Gasteiger partial charge on any atom is 0.319 e. The van der Waals surface area contributed by atoms with E-state index in [-0.39, 0.29) is 49.3 Å². The predicted octanol–water partition coefficient (Wildman–Crippen LogP) is 4.44. The van der Waals surface area contributed by atoms with Crippen molar-refractivity contribution in [3.05, 3.63) is 47.6 Å². The summed E-state index contributed by atoms with van der Waals surface area (Å²) in [6, 6.07) is 6.71. The molecule has 2 saturated heterocycles. The molecule has 41 heavy (non-hydrogen) atoms. The van der Waals surface area contributed by atoms with Crippen LogP contribution in [0.2, 0.25) is 5.02 Å². The van der Waals surface area contributed by atoms with E-state index in [2.05, 4.69) is 31.3 Å². The van der Waals surface area contributed by atoms with Crippen molar-refractivity contribution in [3.8, 4) is 23.3 Å². The average molecular weight is 583 g/mol. The zero-order valence-electron chi connectivity index (χ0n) is 22.1. The molecule has 1 aromatic carbocycles. The first kappa shape index (κ1) is 27.4. The highest BCUT2D eigenvalue weighted by Crippen LogP contribution is 2.37. The molecule has 2 fully saturated rings. The van der Waals surface area contributed by atoms with E-state index in [1.807, 2.05) is 11.0 Å². The number of ether oxygens (including phenoxy) is 1. The molecule has 6 rings (SSSR count). The molecule has 0 aliphatic carbocycles. The predicted molar refractivity (Wildman–Crippen MR) is 149 cm³/mol. The standard InChI is InChI=1S/C28H26ClF3N8O/c1-39-15-28(31,32)9-18(39)14-41-27-37-25-20(26(38-27)40-8-7-35-17(13-40)5-6-33)12-36-24(23(25)30)19-11-34-10-16-3-2-4-21(29)22(16)19/h2-4,10-12,17-18,35H,5,7-9,13-15H2,1H3/t17-,18-/m0/s1. The summed E-state index contributed by atoms with van der Waals surface area (Å²) in [6.07, 6.45) is 4.59. The van der Waals surface area contributed by atoms with Crippen molar-refractivity contribution >= 4 is 39.1 Å². The van der Waals surface area contributed by atoms with Crippen molar-refractivity contribution in [1.29, 1.82) is 5.26 Å². The lowest BCUT2D eigenvalue weighted by Crippen LogP contribution is -2.51. The van der Waals surface area contributed by atoms with Crippen LogP contribution < -0.4 is 15.0 Å². The summed E-state index contributed by atoms with van der Waals surface area (Å²) in [5, 5.41) is 14.6. The number of likely N-dealkylation sites (N-methyl/N-ethyl adjacent to an activating group) is 1. The summed E-state index contributed by atoms with van der Waals surface area (Å²) in [7, 11) is 1.61. The molecule has 13 heteroatoms. The molecule has 1 N–H and O–H groups in total. The molecule has 0 spiro atoms. The average Bonchev–Trinajstić information content (AvgIpc) is 3.23. The molecule has 2 aliphatic heterocycles. The number of benzene rings is 1. The first-order valence-corrected chi connectivity index (χ1v) is 13.6. The van der Waals surface area contributed by atoms with Gasteiger partial charge in [0, 0.05) is 78.1 Å². The Hall–Kier alpha value is -3.79. The zero-order chi connectivity index (χ0) is 28.7. The van der Waals surface area contributed by atoms with E-state index in [0.29, 0.717) is 46.8 Å². The van der Waals surface area contributed by atoms with Crippen molar-refractivity contribution in [2.24, 2.45) is 0 Å². The maximum atomic E-state index is 16.4. The number of hydrogen-bond donors (Lipinski definition) is 1. The summed E-state index contributed by atoms with van der Waals surface area (Å²) in [5.41, 5.74) is 0.387. The van der Waals surface area contributed by atoms with Crippen LogP contribution >= 0.6 is 11.6 Å². The Bertz CT molecular complexity index is 1660. The van der Waals surface area contributed by atoms with Gasteiger partial charge in [0.1, 0.15) is 23.6 Å². The number of nitriles is 1. The van der Waals surface area contributed by atoms with Gasteiger partial charge >= 0.3 is 6.01 Å². The van der Waals surface area contributed by atoms with Crippen LogP contribution in [0.1, 0.15) is 12.8 Å². The van der Waals surface area contributed by atoms with Crippen molar-refractivity contribution in [1.82, 2.24) is 30.2 Å². The summed E-state index contributed by atoms with van der Waals surface area (Å²) in [6.45, 7) is 1.12. The Balaban J connectivity index is 1.45. The maximum absolute atomic E-state index is 16.4. The number of pyridine rings is 2. The number of aromatic nitrogens is 4. The number of alkyl halides is 2. The fourth-order valence-electron chi connectivity index (χ4n) is 5.56. The summed E-state index contributed by atoms with van der Waals surface area (Å²) >= 11 is 6.49. The smallest absolute Gasteiger partial charge is 0.319 e. The summed E-state index contributed by atoms with van der Waals surface area (Å²) in [5.74, 6) is -3.13. The van der Waals surface area contributed by atoms with E-state index in [1.165, 1.54) is 17.3 Å². The van der Waals surface area contributed by atoms with Crippen LogP contribution in [0.3, 0.4) is 0 Å². The number of hydrogen-bond acceptors (Lipinski definition) is 9. The van der Waals surface area contributed by atoms with Gasteiger partial charge in [-0.05, 0) is 13.1 Å². The highest BCUT2D eigenvalue weighted by Gasteiger charge is 2.43. The second-order valence-corrected chi connectivity index (χ2v) is 10.8. The van der Waals surface area contributed by atoms with E-state index < -0.39 is 17.8 Å². The van der Waals surface area contributed by atoms with Gasteiger partial charge in [0.25, 0.3) is 5.92 Å². The molecule has 5 heterocycles. The van der Waals surface area contributed by atoms with Gasteiger partial charge in [-0.25, -0.2) is 13.2 Å². The Morgan fingerprint density at radius 3 is 2.88 bits per heavy atom. The first-order valence-electron chi connectivity index (χ1n) is 13.2. The molecule has 0 saturated carbocycles. The quantitative estimate of drug-likeness (QED) is 0.353. The van der Waals surface area contributed by atoms with Crippen LogP contribution in [0, 0.1) is 17.1 Å². The summed E-state index contributed by atoms with van der Waals surface area (Å²) in [4.78, 5) is 21.2. The number of fused-ring (bicyclic) bond motifs is 2. The van der Waals surface area contributed by atoms with Crippen molar-refractivity contribution in [2.75, 3.05) is 44.7 Å². The monoisotopic (exact) mass is 582 g/mol. The minimum absolute atomic E-state index is 0.0112. The second-order valence-electron chi connectivity index (χ2n) is 10.4. The van der Waals surface area contributed by atoms with Crippen LogP contribution in [-0.4, -0.2) is 82.7 Å². The van der Waals surface area contributed by atoms with Gasteiger partial charge in [-0.3, -0.25) is 14.9 Å². The van der Waals surface area contributed by atoms with E-state index >= 15 is 4.39 Å². The number of anilines is 1. The zero-order valence-corrected chi connectivity index (χ0v) is 22.9. The number of nitrogens with one attached hydrogen (secondary N) is 1. The Labute approximate surface area is 238 Å². The van der Waals surface area contributed by atoms with Gasteiger partial charge < -0.3 is 15.0 Å². The highest BCUT2D eigenvalue weighted by molar-refractivity contribution is 6.36. The number of rotatable bonds is 6. The fraction of sp³-hybridized carbons (Fsp3) is 0.393. The largest absolute Gasteiger partial charge is 0.462 e. The van der Waals surface area contributed by atoms with Gasteiger partial charge in [0.15, 0.2) is 5.82 Å². The number of nitrogens with zero attached hydrogens (tertiary/aromatic N) is 7. The van der Waals surface area contributed by atoms with Crippen LogP contribution in [0.5, 0.6) is 6.01 Å². The fourth-order valence-corrected chi connectivity index (χ4v) is 5.85. The topological polar surface area (TPSA) is 103 Å². The van der Waals surface area contributed by atoms with Gasteiger partial charge in [-0.15, -0.1) is 0 Å². The molecule has 2 aliphatic rings. The molecule has 0 bridgehead atoms. The number of halogens is 4. The van der Waals surface area contributed by atoms with Crippen molar-refractivity contribution in [3.63, 3.8) is 0 Å². The van der Waals surface area contributed by atoms with Crippen LogP contribution in [0.4, 0.5) is 19.0 Å². The second kappa shape index (κ2) is 10.9. The molecule has 0 radical (unpaired) electrons. The molecule has 3 aromatic heterocycles. The van der Waals surface area contributed by atoms with E-state index in [0.717, 1.165) is 5.39 Å². The molecule has 2 atom stereocenters. The van der Waals surface area contributed by atoms with Crippen molar-refractivity contribution in [2.45, 2.75) is 30.8 Å². The first-order chi connectivity index (χ1) is 19.7. The van der Waals surface area contributed by atoms with E-state index in [1.54, 1.807) is 25.4 Å². The van der Waals surface area contributed by atoms with Crippen molar-refractivity contribution < 1.29 is 17.9 Å². The normalized spacial score (nSPS) is 20.9. The lowest BCUT2D eigenvalue weighted by Gasteiger charge is -2.34. The molecular formula is C28H26ClF3N8O. The number of likely N-dealkylation sites (tertiary alicyclic amines) is 1. The van der Waals surface area contributed by atoms with E-state index in [4.69, 9.17) is 16.3 Å². The van der Waals surface area contributed by atoms with E-state index in [9.17, 15) is 14.0 Å². The highest BCUT2D eigenvalue weighted by atomic mass is 35.5. The van der Waals surface area contributed by atoms with Crippen LogP contribution in [0.25, 0.3) is 32.9 Å². The molecule has 4 aromatic rings. The summed E-state index contributed by atoms with van der Waals surface area (Å²) < 4.78 is 50.1. The lowest BCUT2D eigenvalue weighted by molar-refractivity contribution is 0.0136. The Morgan fingerprint density at radius 1 is 1.24 bits per heavy atom. The SMILES string of the molecule is CN1CC(F)(F)C[C@H]1COc1nc(N2CCN[C@@H](CC#N)C2)c2cnc(-c3cncc4cccc(Cl)c34)c(F)c2n1. The Morgan fingerprint density at radius 2 is 2.10 bits per heavy atom. The van der Waals surface area contributed by atoms with Gasteiger partial charge in [-0.1, -0.05) is 23.7 Å². The van der Waals surface area contributed by atoms with Crippen LogP contribution in [-0.2, 0) is 0 Å². The third kappa shape index (κ3) is 5.32. The third-order valence-corrected chi connectivity index (χ3v) is 7.88. The molecule has 0 amide bonds. The molecule has 9 nitrogen and oxygen atoms in total. The van der Waals surface area contributed by atoms with Gasteiger partial charge in [-0.2, -0.15) is 15.2 Å². The Kier molecular flexibility index (Phi) is 7.27. The number of piperazine rings is 1. The van der Waals surface area contributed by atoms with Crippen LogP contribution in [0.15, 0.2) is 36.8 Å². The molecule has 212 valence electrons. The molecule has 0 unspecified atom stereocenters. The lowest BCUT2D eigenvalue weighted by atomic mass is 10.0.